The zero-order valence-corrected chi connectivity index (χ0v) is 12.1. The maximum atomic E-state index is 12.0. The molecule has 2 rings (SSSR count). The van der Waals surface area contributed by atoms with Crippen LogP contribution >= 0.6 is 0 Å². The minimum absolute atomic E-state index is 0.143. The van der Waals surface area contributed by atoms with Gasteiger partial charge in [0.25, 0.3) is 17.4 Å². The van der Waals surface area contributed by atoms with E-state index < -0.39 is 22.3 Å². The first-order chi connectivity index (χ1) is 10.9. The summed E-state index contributed by atoms with van der Waals surface area (Å²) in [7, 11) is 0. The van der Waals surface area contributed by atoms with Gasteiger partial charge in [0.15, 0.2) is 5.78 Å². The molecule has 0 saturated heterocycles. The number of ketones is 2. The number of hydrogen-bond donors (Lipinski definition) is 1. The van der Waals surface area contributed by atoms with Gasteiger partial charge >= 0.3 is 0 Å². The highest BCUT2D eigenvalue weighted by molar-refractivity contribution is 6.46. The first-order valence-electron chi connectivity index (χ1n) is 6.60. The summed E-state index contributed by atoms with van der Waals surface area (Å²) in [6.45, 7) is 1.27. The summed E-state index contributed by atoms with van der Waals surface area (Å²) in [5.41, 5.74) is -0.279. The maximum Gasteiger partial charge on any atom is 0.296 e. The zero-order valence-electron chi connectivity index (χ0n) is 12.1. The van der Waals surface area contributed by atoms with Crippen LogP contribution in [0.2, 0.25) is 0 Å². The molecule has 2 aromatic rings. The lowest BCUT2D eigenvalue weighted by Crippen LogP contribution is -2.23. The van der Waals surface area contributed by atoms with Crippen LogP contribution in [0.25, 0.3) is 0 Å². The third kappa shape index (κ3) is 3.65. The highest BCUT2D eigenvalue weighted by Crippen LogP contribution is 2.26. The molecule has 1 amide bonds. The Kier molecular flexibility index (Phi) is 4.61. The van der Waals surface area contributed by atoms with Crippen LogP contribution in [0.1, 0.15) is 27.6 Å². The Labute approximate surface area is 131 Å². The van der Waals surface area contributed by atoms with E-state index in [0.717, 1.165) is 6.07 Å². The van der Waals surface area contributed by atoms with Gasteiger partial charge in [-0.15, -0.1) is 0 Å². The second-order valence-electron chi connectivity index (χ2n) is 4.69. The van der Waals surface area contributed by atoms with Crippen LogP contribution in [0.15, 0.2) is 48.5 Å². The molecule has 23 heavy (non-hydrogen) atoms. The van der Waals surface area contributed by atoms with Gasteiger partial charge in [-0.25, -0.2) is 0 Å². The summed E-state index contributed by atoms with van der Waals surface area (Å²) in [5, 5.41) is 13.3. The number of carbonyl (C=O) groups is 3. The molecule has 0 radical (unpaired) electrons. The molecule has 2 aromatic carbocycles. The van der Waals surface area contributed by atoms with E-state index in [1.807, 2.05) is 0 Å². The second kappa shape index (κ2) is 6.61. The van der Waals surface area contributed by atoms with Crippen molar-refractivity contribution in [2.45, 2.75) is 6.92 Å². The molecule has 0 aromatic heterocycles. The van der Waals surface area contributed by atoms with E-state index in [1.165, 1.54) is 31.2 Å². The number of hydrogen-bond acceptors (Lipinski definition) is 5. The minimum atomic E-state index is -0.991. The summed E-state index contributed by atoms with van der Waals surface area (Å²) in [6.07, 6.45) is 0. The number of carbonyl (C=O) groups excluding carboxylic acids is 3. The SMILES string of the molecule is CC(=O)c1ccc(NC(=O)C(=O)c2ccccc2)c([N+](=O)[O-])c1. The number of rotatable bonds is 5. The maximum absolute atomic E-state index is 12.0. The van der Waals surface area contributed by atoms with E-state index in [9.17, 15) is 24.5 Å². The average molecular weight is 312 g/mol. The molecular weight excluding hydrogens is 300 g/mol. The van der Waals surface area contributed by atoms with Gasteiger partial charge < -0.3 is 5.32 Å². The number of nitro groups is 1. The van der Waals surface area contributed by atoms with Crippen LogP contribution < -0.4 is 5.32 Å². The fourth-order valence-corrected chi connectivity index (χ4v) is 1.91. The Morgan fingerprint density at radius 3 is 2.22 bits per heavy atom. The largest absolute Gasteiger partial charge is 0.313 e. The van der Waals surface area contributed by atoms with Gasteiger partial charge in [-0.1, -0.05) is 30.3 Å². The Morgan fingerprint density at radius 1 is 1.00 bits per heavy atom. The first-order valence-corrected chi connectivity index (χ1v) is 6.60. The summed E-state index contributed by atoms with van der Waals surface area (Å²) >= 11 is 0. The average Bonchev–Trinajstić information content (AvgIpc) is 2.54. The Balaban J connectivity index is 2.29. The van der Waals surface area contributed by atoms with Crippen molar-refractivity contribution in [2.75, 3.05) is 5.32 Å². The summed E-state index contributed by atoms with van der Waals surface area (Å²) in [4.78, 5) is 45.6. The molecule has 0 bridgehead atoms. The summed E-state index contributed by atoms with van der Waals surface area (Å²) in [6, 6.07) is 11.5. The van der Waals surface area contributed by atoms with Crippen molar-refractivity contribution in [3.63, 3.8) is 0 Å². The highest BCUT2D eigenvalue weighted by atomic mass is 16.6. The van der Waals surface area contributed by atoms with Crippen LogP contribution in [-0.4, -0.2) is 22.4 Å². The van der Waals surface area contributed by atoms with Crippen LogP contribution in [-0.2, 0) is 4.79 Å². The highest BCUT2D eigenvalue weighted by Gasteiger charge is 2.22. The lowest BCUT2D eigenvalue weighted by atomic mass is 10.1. The Hall–Kier alpha value is -3.35. The predicted octanol–water partition coefficient (Wildman–Crippen LogP) is 2.62. The van der Waals surface area contributed by atoms with Crippen LogP contribution in [0.3, 0.4) is 0 Å². The van der Waals surface area contributed by atoms with Crippen molar-refractivity contribution >= 4 is 28.8 Å². The summed E-state index contributed by atoms with van der Waals surface area (Å²) in [5.74, 6) is -2.14. The molecule has 7 heteroatoms. The molecule has 0 saturated carbocycles. The van der Waals surface area contributed by atoms with E-state index in [2.05, 4.69) is 5.32 Å². The van der Waals surface area contributed by atoms with Crippen molar-refractivity contribution < 1.29 is 19.3 Å². The Morgan fingerprint density at radius 2 is 1.65 bits per heavy atom. The van der Waals surface area contributed by atoms with E-state index in [4.69, 9.17) is 0 Å². The lowest BCUT2D eigenvalue weighted by Gasteiger charge is -2.06. The van der Waals surface area contributed by atoms with Crippen molar-refractivity contribution in [3.05, 3.63) is 69.8 Å². The van der Waals surface area contributed by atoms with Crippen molar-refractivity contribution in [3.8, 4) is 0 Å². The third-order valence-electron chi connectivity index (χ3n) is 3.09. The molecule has 0 unspecified atom stereocenters. The van der Waals surface area contributed by atoms with Crippen molar-refractivity contribution in [2.24, 2.45) is 0 Å². The molecule has 0 aliphatic rings. The number of nitro benzene ring substituents is 1. The van der Waals surface area contributed by atoms with Gasteiger partial charge in [-0.2, -0.15) is 0 Å². The monoisotopic (exact) mass is 312 g/mol. The minimum Gasteiger partial charge on any atom is -0.313 e. The number of amides is 1. The van der Waals surface area contributed by atoms with Crippen LogP contribution in [0, 0.1) is 10.1 Å². The van der Waals surface area contributed by atoms with E-state index >= 15 is 0 Å². The lowest BCUT2D eigenvalue weighted by molar-refractivity contribution is -0.383. The molecule has 0 aliphatic heterocycles. The number of benzene rings is 2. The second-order valence-corrected chi connectivity index (χ2v) is 4.69. The quantitative estimate of drug-likeness (QED) is 0.395. The number of anilines is 1. The van der Waals surface area contributed by atoms with Gasteiger partial charge in [0.05, 0.1) is 4.92 Å². The smallest absolute Gasteiger partial charge is 0.296 e. The topological polar surface area (TPSA) is 106 Å². The van der Waals surface area contributed by atoms with E-state index in [0.29, 0.717) is 0 Å². The van der Waals surface area contributed by atoms with E-state index in [-0.39, 0.29) is 22.6 Å². The first kappa shape index (κ1) is 16.0. The van der Waals surface area contributed by atoms with Crippen LogP contribution in [0.5, 0.6) is 0 Å². The molecule has 0 heterocycles. The Bertz CT molecular complexity index is 799. The number of nitrogens with zero attached hydrogens (tertiary/aromatic N) is 1. The third-order valence-corrected chi connectivity index (χ3v) is 3.09. The molecule has 1 N–H and O–H groups in total. The molecule has 116 valence electrons. The molecular formula is C16H12N2O5. The molecule has 7 nitrogen and oxygen atoms in total. The predicted molar refractivity (Wildman–Crippen MR) is 82.5 cm³/mol. The van der Waals surface area contributed by atoms with E-state index in [1.54, 1.807) is 18.2 Å². The van der Waals surface area contributed by atoms with Crippen LogP contribution in [0.4, 0.5) is 11.4 Å². The molecule has 0 fully saturated rings. The van der Waals surface area contributed by atoms with Crippen molar-refractivity contribution in [1.82, 2.24) is 0 Å². The summed E-state index contributed by atoms with van der Waals surface area (Å²) < 4.78 is 0. The zero-order chi connectivity index (χ0) is 17.0. The van der Waals surface area contributed by atoms with Crippen molar-refractivity contribution in [1.29, 1.82) is 0 Å². The van der Waals surface area contributed by atoms with Gasteiger partial charge in [0.2, 0.25) is 0 Å². The molecule has 0 aliphatic carbocycles. The molecule has 0 spiro atoms. The van der Waals surface area contributed by atoms with Gasteiger partial charge in [-0.3, -0.25) is 24.5 Å². The normalized spacial score (nSPS) is 9.96. The standard InChI is InChI=1S/C16H12N2O5/c1-10(19)12-7-8-13(14(9-12)18(22)23)17-16(21)15(20)11-5-3-2-4-6-11/h2-9H,1H3,(H,17,21). The molecule has 0 atom stereocenters. The fourth-order valence-electron chi connectivity index (χ4n) is 1.91. The number of Topliss-reactive ketones (excluding diaryl/α,β-unsaturated/α-hetero) is 2. The fraction of sp³-hybridized carbons (Fsp3) is 0.0625. The number of nitrogens with one attached hydrogen (secondary N) is 1. The van der Waals surface area contributed by atoms with Gasteiger partial charge in [-0.05, 0) is 19.1 Å². The van der Waals surface area contributed by atoms with Gasteiger partial charge in [0.1, 0.15) is 5.69 Å². The van der Waals surface area contributed by atoms with Gasteiger partial charge in [0, 0.05) is 17.2 Å².